The molecule has 0 saturated carbocycles. The van der Waals surface area contributed by atoms with Crippen LogP contribution in [0.15, 0.2) is 47.4 Å². The van der Waals surface area contributed by atoms with Crippen molar-refractivity contribution in [2.45, 2.75) is 24.8 Å². The van der Waals surface area contributed by atoms with Gasteiger partial charge in [-0.25, -0.2) is 18.4 Å². The van der Waals surface area contributed by atoms with Crippen molar-refractivity contribution in [3.8, 4) is 0 Å². The fraction of sp³-hybridized carbons (Fsp3) is 0.176. The van der Waals surface area contributed by atoms with Gasteiger partial charge in [-0.3, -0.25) is 4.79 Å². The molecule has 0 saturated heterocycles. The molecule has 0 aliphatic carbocycles. The maximum absolute atomic E-state index is 12.2. The van der Waals surface area contributed by atoms with E-state index in [4.69, 9.17) is 21.5 Å². The number of esters is 1. The van der Waals surface area contributed by atoms with Crippen molar-refractivity contribution in [1.29, 1.82) is 0 Å². The van der Waals surface area contributed by atoms with Crippen molar-refractivity contribution in [3.63, 3.8) is 0 Å². The molecule has 0 spiro atoms. The smallest absolute Gasteiger partial charge is 0.340 e. The second kappa shape index (κ2) is 7.86. The van der Waals surface area contributed by atoms with Gasteiger partial charge >= 0.3 is 5.97 Å². The summed E-state index contributed by atoms with van der Waals surface area (Å²) in [7, 11) is -4.01. The highest BCUT2D eigenvalue weighted by atomic mass is 35.5. The first-order valence-corrected chi connectivity index (χ1v) is 9.41. The highest BCUT2D eigenvalue weighted by molar-refractivity contribution is 7.89. The second-order valence-corrected chi connectivity index (χ2v) is 7.56. The quantitative estimate of drug-likeness (QED) is 0.753. The van der Waals surface area contributed by atoms with Crippen molar-refractivity contribution >= 4 is 39.2 Å². The summed E-state index contributed by atoms with van der Waals surface area (Å²) in [6.07, 6.45) is -1.13. The summed E-state index contributed by atoms with van der Waals surface area (Å²) in [5.74, 6) is -1.48. The number of sulfonamides is 1. The maximum Gasteiger partial charge on any atom is 0.340 e. The van der Waals surface area contributed by atoms with E-state index in [0.29, 0.717) is 5.69 Å². The van der Waals surface area contributed by atoms with E-state index in [9.17, 15) is 18.0 Å². The first kappa shape index (κ1) is 19.9. The minimum absolute atomic E-state index is 0.0199. The van der Waals surface area contributed by atoms with Gasteiger partial charge in [0.1, 0.15) is 0 Å². The van der Waals surface area contributed by atoms with Crippen LogP contribution in [-0.2, 0) is 19.6 Å². The van der Waals surface area contributed by atoms with Gasteiger partial charge in [0.2, 0.25) is 10.0 Å². The minimum atomic E-state index is -4.01. The molecular weight excluding hydrogens is 380 g/mol. The van der Waals surface area contributed by atoms with Crippen LogP contribution in [-0.4, -0.2) is 26.4 Å². The van der Waals surface area contributed by atoms with Crippen LogP contribution in [0.4, 0.5) is 5.69 Å². The number of rotatable bonds is 5. The molecule has 0 bridgehead atoms. The molecule has 3 N–H and O–H groups in total. The summed E-state index contributed by atoms with van der Waals surface area (Å²) in [5.41, 5.74) is 1.39. The number of anilines is 1. The first-order valence-electron chi connectivity index (χ1n) is 7.49. The summed E-state index contributed by atoms with van der Waals surface area (Å²) in [4.78, 5) is 24.1. The third-order valence-electron chi connectivity index (χ3n) is 3.46. The molecule has 2 rings (SSSR count). The molecule has 2 aromatic carbocycles. The van der Waals surface area contributed by atoms with E-state index >= 15 is 0 Å². The normalized spacial score (nSPS) is 12.3. The fourth-order valence-electron chi connectivity index (χ4n) is 2.00. The van der Waals surface area contributed by atoms with E-state index in [0.717, 1.165) is 11.6 Å². The number of carbonyl (C=O) groups is 2. The third-order valence-corrected chi connectivity index (χ3v) is 4.70. The Balaban J connectivity index is 2.11. The number of carbonyl (C=O) groups excluding carboxylic acids is 2. The van der Waals surface area contributed by atoms with Crippen LogP contribution in [0.5, 0.6) is 0 Å². The number of nitrogens with one attached hydrogen (secondary N) is 1. The van der Waals surface area contributed by atoms with Crippen molar-refractivity contribution in [3.05, 3.63) is 58.6 Å². The number of benzene rings is 2. The fourth-order valence-corrected chi connectivity index (χ4v) is 2.73. The highest BCUT2D eigenvalue weighted by Gasteiger charge is 2.22. The Labute approximate surface area is 156 Å². The van der Waals surface area contributed by atoms with Crippen LogP contribution in [0.1, 0.15) is 22.8 Å². The van der Waals surface area contributed by atoms with E-state index in [1.165, 1.54) is 19.1 Å². The largest absolute Gasteiger partial charge is 0.449 e. The molecule has 0 fully saturated rings. The standard InChI is InChI=1S/C17H17ClN2O5S/c1-10-3-5-12(6-4-10)20-16(21)11(2)25-17(22)14-9-13(26(19,23)24)7-8-15(14)18/h3-9,11H,1-2H3,(H,20,21)(H2,19,23,24). The predicted octanol–water partition coefficient (Wildman–Crippen LogP) is 2.48. The van der Waals surface area contributed by atoms with Crippen LogP contribution in [0, 0.1) is 6.92 Å². The molecular formula is C17H17ClN2O5S. The molecule has 0 aliphatic heterocycles. The average Bonchev–Trinajstić information content (AvgIpc) is 2.56. The number of ether oxygens (including phenoxy) is 1. The van der Waals surface area contributed by atoms with E-state index < -0.39 is 28.0 Å². The lowest BCUT2D eigenvalue weighted by Crippen LogP contribution is -2.30. The van der Waals surface area contributed by atoms with E-state index in [2.05, 4.69) is 5.32 Å². The summed E-state index contributed by atoms with van der Waals surface area (Å²) < 4.78 is 27.9. The Bertz CT molecular complexity index is 942. The number of amides is 1. The number of halogens is 1. The minimum Gasteiger partial charge on any atom is -0.449 e. The van der Waals surface area contributed by atoms with Gasteiger partial charge in [0.25, 0.3) is 5.91 Å². The van der Waals surface area contributed by atoms with Gasteiger partial charge < -0.3 is 10.1 Å². The molecule has 138 valence electrons. The zero-order valence-electron chi connectivity index (χ0n) is 14.0. The Hall–Kier alpha value is -2.42. The molecule has 1 atom stereocenters. The van der Waals surface area contributed by atoms with E-state index in [1.54, 1.807) is 12.1 Å². The zero-order valence-corrected chi connectivity index (χ0v) is 15.6. The third kappa shape index (κ3) is 5.04. The molecule has 1 unspecified atom stereocenters. The van der Waals surface area contributed by atoms with Gasteiger partial charge in [0.15, 0.2) is 6.10 Å². The van der Waals surface area contributed by atoms with Crippen LogP contribution in [0.3, 0.4) is 0 Å². The molecule has 2 aromatic rings. The average molecular weight is 397 g/mol. The topological polar surface area (TPSA) is 116 Å². The molecule has 26 heavy (non-hydrogen) atoms. The van der Waals surface area contributed by atoms with Gasteiger partial charge in [-0.15, -0.1) is 0 Å². The lowest BCUT2D eigenvalue weighted by molar-refractivity contribution is -0.123. The molecule has 0 aliphatic rings. The van der Waals surface area contributed by atoms with Crippen molar-refractivity contribution in [2.75, 3.05) is 5.32 Å². The van der Waals surface area contributed by atoms with Gasteiger partial charge in [-0.2, -0.15) is 0 Å². The van der Waals surface area contributed by atoms with Crippen LogP contribution >= 0.6 is 11.6 Å². The number of hydrogen-bond donors (Lipinski definition) is 2. The van der Waals surface area contributed by atoms with Gasteiger partial charge in [0, 0.05) is 5.69 Å². The van der Waals surface area contributed by atoms with Crippen LogP contribution in [0.25, 0.3) is 0 Å². The lowest BCUT2D eigenvalue weighted by Gasteiger charge is -2.14. The summed E-state index contributed by atoms with van der Waals surface area (Å²) in [6.45, 7) is 3.30. The summed E-state index contributed by atoms with van der Waals surface area (Å²) in [6, 6.07) is 10.5. The SMILES string of the molecule is Cc1ccc(NC(=O)C(C)OC(=O)c2cc(S(N)(=O)=O)ccc2Cl)cc1. The van der Waals surface area contributed by atoms with Crippen molar-refractivity contribution in [2.24, 2.45) is 5.14 Å². The van der Waals surface area contributed by atoms with Gasteiger partial charge in [0.05, 0.1) is 15.5 Å². The highest BCUT2D eigenvalue weighted by Crippen LogP contribution is 2.21. The molecule has 7 nitrogen and oxygen atoms in total. The Morgan fingerprint density at radius 2 is 1.77 bits per heavy atom. The molecule has 0 radical (unpaired) electrons. The molecule has 1 amide bonds. The Morgan fingerprint density at radius 3 is 2.35 bits per heavy atom. The summed E-state index contributed by atoms with van der Waals surface area (Å²) in [5, 5.41) is 7.63. The monoisotopic (exact) mass is 396 g/mol. The number of nitrogens with two attached hydrogens (primary N) is 1. The first-order chi connectivity index (χ1) is 12.1. The second-order valence-electron chi connectivity index (χ2n) is 5.59. The Morgan fingerprint density at radius 1 is 1.15 bits per heavy atom. The lowest BCUT2D eigenvalue weighted by atomic mass is 10.2. The number of aryl methyl sites for hydroxylation is 1. The van der Waals surface area contributed by atoms with E-state index in [-0.39, 0.29) is 15.5 Å². The molecule has 9 heteroatoms. The number of primary sulfonamides is 1. The van der Waals surface area contributed by atoms with Crippen LogP contribution in [0.2, 0.25) is 5.02 Å². The van der Waals surface area contributed by atoms with Gasteiger partial charge in [-0.05, 0) is 44.2 Å². The zero-order chi connectivity index (χ0) is 19.5. The number of hydrogen-bond acceptors (Lipinski definition) is 5. The molecule has 0 aromatic heterocycles. The van der Waals surface area contributed by atoms with E-state index in [1.807, 2.05) is 19.1 Å². The Kier molecular flexibility index (Phi) is 6.01. The predicted molar refractivity (Wildman–Crippen MR) is 97.5 cm³/mol. The molecule has 0 heterocycles. The van der Waals surface area contributed by atoms with Crippen LogP contribution < -0.4 is 10.5 Å². The van der Waals surface area contributed by atoms with Crippen molar-refractivity contribution in [1.82, 2.24) is 0 Å². The maximum atomic E-state index is 12.2. The van der Waals surface area contributed by atoms with Crippen molar-refractivity contribution < 1.29 is 22.7 Å². The van der Waals surface area contributed by atoms with Gasteiger partial charge in [-0.1, -0.05) is 29.3 Å². The summed E-state index contributed by atoms with van der Waals surface area (Å²) >= 11 is 5.91.